The molecule has 0 atom stereocenters. The van der Waals surface area contributed by atoms with Crippen LogP contribution in [0.2, 0.25) is 0 Å². The Hall–Kier alpha value is -2.87. The molecule has 1 amide bonds. The predicted molar refractivity (Wildman–Crippen MR) is 93.6 cm³/mol. The fourth-order valence-corrected chi connectivity index (χ4v) is 3.21. The summed E-state index contributed by atoms with van der Waals surface area (Å²) in [6.45, 7) is 2.72. The van der Waals surface area contributed by atoms with Crippen molar-refractivity contribution in [3.05, 3.63) is 89.5 Å². The Bertz CT molecular complexity index is 898. The average Bonchev–Trinajstić information content (AvgIpc) is 2.92. The van der Waals surface area contributed by atoms with Crippen LogP contribution < -0.4 is 4.90 Å². The van der Waals surface area contributed by atoms with Crippen LogP contribution in [0.5, 0.6) is 0 Å². The highest BCUT2D eigenvalue weighted by Gasteiger charge is 2.29. The molecule has 0 radical (unpaired) electrons. The van der Waals surface area contributed by atoms with Gasteiger partial charge in [0.05, 0.1) is 12.2 Å². The van der Waals surface area contributed by atoms with Crippen molar-refractivity contribution in [1.82, 2.24) is 0 Å². The van der Waals surface area contributed by atoms with Gasteiger partial charge in [-0.3, -0.25) is 4.79 Å². The van der Waals surface area contributed by atoms with Crippen LogP contribution in [0.4, 0.5) is 5.69 Å². The molecular weight excluding hydrogens is 282 g/mol. The molecule has 0 aliphatic carbocycles. The van der Waals surface area contributed by atoms with Crippen LogP contribution in [0, 0.1) is 6.92 Å². The molecule has 2 heteroatoms. The van der Waals surface area contributed by atoms with E-state index < -0.39 is 0 Å². The molecule has 112 valence electrons. The molecule has 2 nitrogen and oxygen atoms in total. The van der Waals surface area contributed by atoms with E-state index in [-0.39, 0.29) is 5.91 Å². The number of rotatable bonds is 2. The molecule has 0 aromatic heterocycles. The lowest BCUT2D eigenvalue weighted by molar-refractivity contribution is 0.0996. The highest BCUT2D eigenvalue weighted by Crippen LogP contribution is 2.35. The number of hydrogen-bond donors (Lipinski definition) is 0. The van der Waals surface area contributed by atoms with E-state index in [2.05, 4.69) is 37.3 Å². The molecule has 0 bridgehead atoms. The number of hydrogen-bond acceptors (Lipinski definition) is 1. The SMILES string of the molecule is Cc1cccc(-c2ccccc2N2Cc3ccccc3C2=O)c1. The van der Waals surface area contributed by atoms with E-state index in [9.17, 15) is 4.79 Å². The van der Waals surface area contributed by atoms with Crippen LogP contribution in [-0.4, -0.2) is 5.91 Å². The maximum absolute atomic E-state index is 12.8. The lowest BCUT2D eigenvalue weighted by Crippen LogP contribution is -2.23. The molecule has 0 fully saturated rings. The molecule has 3 aromatic carbocycles. The number of carbonyl (C=O) groups excluding carboxylic acids is 1. The third kappa shape index (κ3) is 2.33. The first kappa shape index (κ1) is 13.8. The van der Waals surface area contributed by atoms with Crippen LogP contribution in [-0.2, 0) is 6.54 Å². The second-order valence-electron chi connectivity index (χ2n) is 5.94. The first-order valence-electron chi connectivity index (χ1n) is 7.80. The van der Waals surface area contributed by atoms with Gasteiger partial charge in [-0.05, 0) is 30.2 Å². The Labute approximate surface area is 136 Å². The van der Waals surface area contributed by atoms with Gasteiger partial charge >= 0.3 is 0 Å². The molecule has 23 heavy (non-hydrogen) atoms. The van der Waals surface area contributed by atoms with Crippen LogP contribution in [0.25, 0.3) is 11.1 Å². The van der Waals surface area contributed by atoms with Gasteiger partial charge in [0.2, 0.25) is 0 Å². The van der Waals surface area contributed by atoms with Crippen LogP contribution in [0.3, 0.4) is 0 Å². The lowest BCUT2D eigenvalue weighted by atomic mass is 10.0. The van der Waals surface area contributed by atoms with Gasteiger partial charge in [-0.2, -0.15) is 0 Å². The van der Waals surface area contributed by atoms with Crippen molar-refractivity contribution < 1.29 is 4.79 Å². The summed E-state index contributed by atoms with van der Waals surface area (Å²) in [6.07, 6.45) is 0. The van der Waals surface area contributed by atoms with Crippen LogP contribution >= 0.6 is 0 Å². The molecule has 3 aromatic rings. The van der Waals surface area contributed by atoms with Crippen molar-refractivity contribution in [2.45, 2.75) is 13.5 Å². The number of aryl methyl sites for hydroxylation is 1. The zero-order valence-corrected chi connectivity index (χ0v) is 13.0. The maximum atomic E-state index is 12.8. The average molecular weight is 299 g/mol. The molecule has 0 saturated heterocycles. The lowest BCUT2D eigenvalue weighted by Gasteiger charge is -2.20. The Morgan fingerprint density at radius 2 is 1.57 bits per heavy atom. The minimum absolute atomic E-state index is 0.0840. The number of amides is 1. The smallest absolute Gasteiger partial charge is 0.258 e. The normalized spacial score (nSPS) is 13.3. The van der Waals surface area contributed by atoms with Crippen molar-refractivity contribution in [2.24, 2.45) is 0 Å². The molecule has 0 spiro atoms. The molecule has 0 saturated carbocycles. The number of para-hydroxylation sites is 1. The second kappa shape index (κ2) is 5.40. The Morgan fingerprint density at radius 3 is 2.35 bits per heavy atom. The van der Waals surface area contributed by atoms with Crippen molar-refractivity contribution in [1.29, 1.82) is 0 Å². The van der Waals surface area contributed by atoms with Gasteiger partial charge in [0.25, 0.3) is 5.91 Å². The van der Waals surface area contributed by atoms with E-state index in [0.717, 1.165) is 27.9 Å². The Morgan fingerprint density at radius 1 is 0.826 bits per heavy atom. The van der Waals surface area contributed by atoms with Gasteiger partial charge in [-0.1, -0.05) is 66.2 Å². The molecular formula is C21H17NO. The van der Waals surface area contributed by atoms with Crippen molar-refractivity contribution in [3.63, 3.8) is 0 Å². The van der Waals surface area contributed by atoms with Crippen molar-refractivity contribution in [2.75, 3.05) is 4.90 Å². The number of benzene rings is 3. The van der Waals surface area contributed by atoms with Crippen LogP contribution in [0.1, 0.15) is 21.5 Å². The molecule has 4 rings (SSSR count). The minimum Gasteiger partial charge on any atom is -0.303 e. The third-order valence-corrected chi connectivity index (χ3v) is 4.35. The summed E-state index contributed by atoms with van der Waals surface area (Å²) in [7, 11) is 0. The Balaban J connectivity index is 1.81. The van der Waals surface area contributed by atoms with E-state index >= 15 is 0 Å². The fraction of sp³-hybridized carbons (Fsp3) is 0.0952. The molecule has 0 N–H and O–H groups in total. The number of carbonyl (C=O) groups is 1. The summed E-state index contributed by atoms with van der Waals surface area (Å²) in [5.74, 6) is 0.0840. The van der Waals surface area contributed by atoms with Gasteiger partial charge < -0.3 is 4.90 Å². The zero-order chi connectivity index (χ0) is 15.8. The standard InChI is InChI=1S/C21H17NO/c1-15-7-6-9-16(13-15)18-10-4-5-12-20(18)22-14-17-8-2-3-11-19(17)21(22)23/h2-13H,14H2,1H3. The summed E-state index contributed by atoms with van der Waals surface area (Å²) in [5, 5.41) is 0. The van der Waals surface area contributed by atoms with Gasteiger partial charge in [0, 0.05) is 11.1 Å². The van der Waals surface area contributed by atoms with Gasteiger partial charge in [0.15, 0.2) is 0 Å². The largest absolute Gasteiger partial charge is 0.303 e. The monoisotopic (exact) mass is 299 g/mol. The number of nitrogens with zero attached hydrogens (tertiary/aromatic N) is 1. The van der Waals surface area contributed by atoms with Gasteiger partial charge in [0.1, 0.15) is 0 Å². The minimum atomic E-state index is 0.0840. The first-order chi connectivity index (χ1) is 11.2. The highest BCUT2D eigenvalue weighted by molar-refractivity contribution is 6.11. The third-order valence-electron chi connectivity index (χ3n) is 4.35. The van der Waals surface area contributed by atoms with E-state index in [1.165, 1.54) is 5.56 Å². The van der Waals surface area contributed by atoms with Crippen molar-refractivity contribution >= 4 is 11.6 Å². The predicted octanol–water partition coefficient (Wildman–Crippen LogP) is 4.82. The fourth-order valence-electron chi connectivity index (χ4n) is 3.21. The summed E-state index contributed by atoms with van der Waals surface area (Å²) < 4.78 is 0. The van der Waals surface area contributed by atoms with E-state index in [0.29, 0.717) is 6.54 Å². The topological polar surface area (TPSA) is 20.3 Å². The molecule has 1 heterocycles. The summed E-state index contributed by atoms with van der Waals surface area (Å²) >= 11 is 0. The number of fused-ring (bicyclic) bond motifs is 1. The molecule has 0 unspecified atom stereocenters. The Kier molecular flexibility index (Phi) is 3.23. The van der Waals surface area contributed by atoms with E-state index in [1.54, 1.807) is 0 Å². The zero-order valence-electron chi connectivity index (χ0n) is 13.0. The molecule has 1 aliphatic rings. The van der Waals surface area contributed by atoms with E-state index in [1.807, 2.05) is 47.4 Å². The maximum Gasteiger partial charge on any atom is 0.258 e. The summed E-state index contributed by atoms with van der Waals surface area (Å²) in [6, 6.07) is 24.4. The summed E-state index contributed by atoms with van der Waals surface area (Å²) in [4.78, 5) is 14.7. The van der Waals surface area contributed by atoms with Gasteiger partial charge in [-0.15, -0.1) is 0 Å². The molecule has 1 aliphatic heterocycles. The summed E-state index contributed by atoms with van der Waals surface area (Å²) in [5.41, 5.74) is 6.33. The number of anilines is 1. The van der Waals surface area contributed by atoms with Gasteiger partial charge in [-0.25, -0.2) is 0 Å². The quantitative estimate of drug-likeness (QED) is 0.664. The highest BCUT2D eigenvalue weighted by atomic mass is 16.2. The van der Waals surface area contributed by atoms with Crippen molar-refractivity contribution in [3.8, 4) is 11.1 Å². The van der Waals surface area contributed by atoms with E-state index in [4.69, 9.17) is 0 Å². The van der Waals surface area contributed by atoms with Crippen LogP contribution in [0.15, 0.2) is 72.8 Å². The second-order valence-corrected chi connectivity index (χ2v) is 5.94. The first-order valence-corrected chi connectivity index (χ1v) is 7.80.